The maximum absolute atomic E-state index is 12.1. The Balaban J connectivity index is 4.04. The molecule has 9 heteroatoms. The van der Waals surface area contributed by atoms with Crippen molar-refractivity contribution in [2.24, 2.45) is 0 Å². The largest absolute Gasteiger partial charge is 0.469 e. The molecule has 0 saturated carbocycles. The molecule has 0 fully saturated rings. The first-order valence-corrected chi connectivity index (χ1v) is 13.9. The molecule has 190 valence electrons. The topological polar surface area (TPSA) is 119 Å². The van der Waals surface area contributed by atoms with Crippen LogP contribution in [-0.4, -0.2) is 41.0 Å². The van der Waals surface area contributed by atoms with Crippen LogP contribution in [-0.2, 0) is 28.2 Å². The Morgan fingerprint density at radius 3 is 1.66 bits per heavy atom. The average Bonchev–Trinajstić information content (AvgIpc) is 2.73. The summed E-state index contributed by atoms with van der Waals surface area (Å²) in [5.41, 5.74) is 0. The molecule has 8 nitrogen and oxygen atoms in total. The lowest BCUT2D eigenvalue weighted by atomic mass is 10.1. The van der Waals surface area contributed by atoms with Crippen molar-refractivity contribution in [2.75, 3.05) is 13.2 Å². The number of hydrogen-bond donors (Lipinski definition) is 2. The molecule has 0 aromatic rings. The normalized spacial score (nSPS) is 12.5. The van der Waals surface area contributed by atoms with Gasteiger partial charge >= 0.3 is 19.8 Å². The van der Waals surface area contributed by atoms with Gasteiger partial charge in [-0.25, -0.2) is 4.57 Å². The van der Waals surface area contributed by atoms with Gasteiger partial charge in [0.1, 0.15) is 6.61 Å². The third kappa shape index (κ3) is 22.3. The number of hydrogen-bond acceptors (Lipinski definition) is 6. The van der Waals surface area contributed by atoms with E-state index in [1.54, 1.807) is 0 Å². The number of esters is 2. The van der Waals surface area contributed by atoms with Crippen molar-refractivity contribution in [2.45, 2.75) is 123 Å². The summed E-state index contributed by atoms with van der Waals surface area (Å²) in [6.07, 6.45) is 14.9. The van der Waals surface area contributed by atoms with Gasteiger partial charge < -0.3 is 19.3 Å². The van der Waals surface area contributed by atoms with Crippen LogP contribution >= 0.6 is 7.82 Å². The minimum Gasteiger partial charge on any atom is -0.462 e. The van der Waals surface area contributed by atoms with E-state index in [2.05, 4.69) is 11.4 Å². The highest BCUT2D eigenvalue weighted by Crippen LogP contribution is 2.35. The van der Waals surface area contributed by atoms with Crippen molar-refractivity contribution in [3.8, 4) is 0 Å². The second kappa shape index (κ2) is 20.6. The Morgan fingerprint density at radius 1 is 0.688 bits per heavy atom. The summed E-state index contributed by atoms with van der Waals surface area (Å²) in [7, 11) is -4.71. The van der Waals surface area contributed by atoms with Crippen molar-refractivity contribution in [1.29, 1.82) is 0 Å². The summed E-state index contributed by atoms with van der Waals surface area (Å²) < 4.78 is 25.7. The lowest BCUT2D eigenvalue weighted by molar-refractivity contribution is -0.161. The van der Waals surface area contributed by atoms with Gasteiger partial charge in [-0.2, -0.15) is 0 Å². The molecule has 0 aliphatic rings. The van der Waals surface area contributed by atoms with Gasteiger partial charge in [-0.1, -0.05) is 90.9 Å². The van der Waals surface area contributed by atoms with E-state index in [-0.39, 0.29) is 19.4 Å². The first kappa shape index (κ1) is 31.0. The van der Waals surface area contributed by atoms with E-state index in [0.29, 0.717) is 12.8 Å². The number of carbonyl (C=O) groups excluding carboxylic acids is 2. The van der Waals surface area contributed by atoms with E-state index in [1.165, 1.54) is 44.9 Å². The SMILES string of the molecule is CCCCCCCCCCCCCC(=O)OC(COC(=O)CCCCC)COP(=O)(O)O. The lowest BCUT2D eigenvalue weighted by Crippen LogP contribution is -2.29. The maximum atomic E-state index is 12.1. The molecule has 0 aliphatic heterocycles. The highest BCUT2D eigenvalue weighted by molar-refractivity contribution is 7.46. The number of phosphoric ester groups is 1. The fourth-order valence-electron chi connectivity index (χ4n) is 3.25. The molecule has 0 aromatic carbocycles. The van der Waals surface area contributed by atoms with Crippen LogP contribution in [0.5, 0.6) is 0 Å². The van der Waals surface area contributed by atoms with Gasteiger partial charge in [-0.3, -0.25) is 14.1 Å². The van der Waals surface area contributed by atoms with Crippen molar-refractivity contribution in [3.63, 3.8) is 0 Å². The Morgan fingerprint density at radius 2 is 1.12 bits per heavy atom. The molecule has 0 saturated heterocycles. The van der Waals surface area contributed by atoms with Gasteiger partial charge in [0.15, 0.2) is 6.10 Å². The van der Waals surface area contributed by atoms with Gasteiger partial charge in [0.25, 0.3) is 0 Å². The molecule has 0 heterocycles. The van der Waals surface area contributed by atoms with Crippen molar-refractivity contribution < 1.29 is 37.9 Å². The summed E-state index contributed by atoms with van der Waals surface area (Å²) in [5, 5.41) is 0. The number of phosphoric acid groups is 1. The number of rotatable bonds is 22. The van der Waals surface area contributed by atoms with Crippen LogP contribution in [0.4, 0.5) is 0 Å². The van der Waals surface area contributed by atoms with Crippen molar-refractivity contribution in [1.82, 2.24) is 0 Å². The van der Waals surface area contributed by atoms with Crippen LogP contribution in [0.1, 0.15) is 117 Å². The molecule has 0 rings (SSSR count). The zero-order chi connectivity index (χ0) is 24.1. The fourth-order valence-corrected chi connectivity index (χ4v) is 3.61. The van der Waals surface area contributed by atoms with Gasteiger partial charge in [0.05, 0.1) is 6.61 Å². The Hall–Kier alpha value is -0.950. The Labute approximate surface area is 194 Å². The van der Waals surface area contributed by atoms with Crippen molar-refractivity contribution >= 4 is 19.8 Å². The summed E-state index contributed by atoms with van der Waals surface area (Å²) in [6, 6.07) is 0. The standard InChI is InChI=1S/C23H45O8P/c1-3-5-7-8-9-10-11-12-13-14-16-18-23(25)31-21(20-30-32(26,27)28)19-29-22(24)17-15-6-4-2/h21H,3-20H2,1-2H3,(H2,26,27,28). The maximum Gasteiger partial charge on any atom is 0.469 e. The molecule has 0 spiro atoms. The zero-order valence-corrected chi connectivity index (χ0v) is 21.0. The number of unbranched alkanes of at least 4 members (excludes halogenated alkanes) is 12. The lowest BCUT2D eigenvalue weighted by Gasteiger charge is -2.18. The third-order valence-electron chi connectivity index (χ3n) is 5.13. The number of ether oxygens (including phenoxy) is 2. The molecule has 2 N–H and O–H groups in total. The highest BCUT2D eigenvalue weighted by atomic mass is 31.2. The predicted octanol–water partition coefficient (Wildman–Crippen LogP) is 5.83. The molecule has 0 bridgehead atoms. The van der Waals surface area contributed by atoms with Crippen LogP contribution in [0.25, 0.3) is 0 Å². The first-order chi connectivity index (χ1) is 15.3. The van der Waals surface area contributed by atoms with Gasteiger partial charge in [-0.05, 0) is 12.8 Å². The van der Waals surface area contributed by atoms with Gasteiger partial charge in [0.2, 0.25) is 0 Å². The first-order valence-electron chi connectivity index (χ1n) is 12.3. The Kier molecular flexibility index (Phi) is 20.0. The highest BCUT2D eigenvalue weighted by Gasteiger charge is 2.22. The Bertz CT molecular complexity index is 520. The van der Waals surface area contributed by atoms with Crippen LogP contribution in [0.2, 0.25) is 0 Å². The minimum atomic E-state index is -4.71. The van der Waals surface area contributed by atoms with E-state index in [9.17, 15) is 14.2 Å². The molecule has 1 atom stereocenters. The smallest absolute Gasteiger partial charge is 0.462 e. The van der Waals surface area contributed by atoms with E-state index in [1.807, 2.05) is 6.92 Å². The molecule has 32 heavy (non-hydrogen) atoms. The molecule has 0 amide bonds. The third-order valence-corrected chi connectivity index (χ3v) is 5.61. The van der Waals surface area contributed by atoms with Crippen LogP contribution in [0.3, 0.4) is 0 Å². The summed E-state index contributed by atoms with van der Waals surface area (Å²) >= 11 is 0. The van der Waals surface area contributed by atoms with Crippen molar-refractivity contribution in [3.05, 3.63) is 0 Å². The molecule has 0 aromatic heterocycles. The average molecular weight is 481 g/mol. The predicted molar refractivity (Wildman–Crippen MR) is 124 cm³/mol. The molecule has 0 radical (unpaired) electrons. The van der Waals surface area contributed by atoms with Crippen LogP contribution < -0.4 is 0 Å². The monoisotopic (exact) mass is 480 g/mol. The molecular formula is C23H45O8P. The summed E-state index contributed by atoms with van der Waals surface area (Å²) in [6.45, 7) is 3.43. The second-order valence-electron chi connectivity index (χ2n) is 8.32. The van der Waals surface area contributed by atoms with E-state index >= 15 is 0 Å². The zero-order valence-electron chi connectivity index (χ0n) is 20.1. The second-order valence-corrected chi connectivity index (χ2v) is 9.56. The molecule has 1 unspecified atom stereocenters. The van der Waals surface area contributed by atoms with E-state index in [4.69, 9.17) is 19.3 Å². The summed E-state index contributed by atoms with van der Waals surface area (Å²) in [4.78, 5) is 41.6. The van der Waals surface area contributed by atoms with Crippen LogP contribution in [0.15, 0.2) is 0 Å². The van der Waals surface area contributed by atoms with Crippen LogP contribution in [0, 0.1) is 0 Å². The molecule has 0 aliphatic carbocycles. The minimum absolute atomic E-state index is 0.216. The van der Waals surface area contributed by atoms with Gasteiger partial charge in [-0.15, -0.1) is 0 Å². The summed E-state index contributed by atoms with van der Waals surface area (Å²) in [5.74, 6) is -0.914. The van der Waals surface area contributed by atoms with Gasteiger partial charge in [0, 0.05) is 12.8 Å². The van der Waals surface area contributed by atoms with E-state index < -0.39 is 32.5 Å². The number of carbonyl (C=O) groups is 2. The molecular weight excluding hydrogens is 435 g/mol. The fraction of sp³-hybridized carbons (Fsp3) is 0.913. The van der Waals surface area contributed by atoms with E-state index in [0.717, 1.165) is 32.1 Å². The quantitative estimate of drug-likeness (QED) is 0.113.